The van der Waals surface area contributed by atoms with Gasteiger partial charge in [0.15, 0.2) is 0 Å². The maximum absolute atomic E-state index is 12.2. The minimum absolute atomic E-state index is 0.281. The van der Waals surface area contributed by atoms with Gasteiger partial charge in [-0.25, -0.2) is 0 Å². The number of amides is 1. The van der Waals surface area contributed by atoms with Crippen molar-refractivity contribution in [3.05, 3.63) is 29.8 Å². The second-order valence-electron chi connectivity index (χ2n) is 6.47. The van der Waals surface area contributed by atoms with Gasteiger partial charge in [-0.05, 0) is 60.6 Å². The van der Waals surface area contributed by atoms with Gasteiger partial charge in [-0.15, -0.1) is 0 Å². The van der Waals surface area contributed by atoms with E-state index in [4.69, 9.17) is 5.73 Å². The van der Waals surface area contributed by atoms with Crippen LogP contribution in [0.2, 0.25) is 0 Å². The van der Waals surface area contributed by atoms with E-state index in [0.717, 1.165) is 34.9 Å². The molecule has 4 atom stereocenters. The van der Waals surface area contributed by atoms with Crippen LogP contribution in [0.4, 0.5) is 5.69 Å². The van der Waals surface area contributed by atoms with Gasteiger partial charge in [-0.2, -0.15) is 0 Å². The van der Waals surface area contributed by atoms with Crippen LogP contribution in [-0.2, 0) is 11.3 Å². The standard InChI is InChI=1S/C16H20N2O/c17-12-5-1-9(2-6-12)8-18-16(19)15-13-10-3-4-11(7-10)14(13)15/h1-2,5-6,10-11,13-15H,3-4,7-8,17H2,(H,18,19). The van der Waals surface area contributed by atoms with E-state index in [0.29, 0.717) is 12.5 Å². The molecule has 100 valence electrons. The van der Waals surface area contributed by atoms with Crippen molar-refractivity contribution in [3.63, 3.8) is 0 Å². The van der Waals surface area contributed by atoms with Crippen molar-refractivity contribution in [3.8, 4) is 0 Å². The Labute approximate surface area is 113 Å². The van der Waals surface area contributed by atoms with Crippen LogP contribution < -0.4 is 11.1 Å². The van der Waals surface area contributed by atoms with E-state index in [1.54, 1.807) is 0 Å². The highest BCUT2D eigenvalue weighted by atomic mass is 16.2. The first-order valence-electron chi connectivity index (χ1n) is 7.36. The quantitative estimate of drug-likeness (QED) is 0.814. The van der Waals surface area contributed by atoms with Crippen LogP contribution in [0.3, 0.4) is 0 Å². The molecule has 19 heavy (non-hydrogen) atoms. The smallest absolute Gasteiger partial charge is 0.223 e. The molecule has 1 amide bonds. The summed E-state index contributed by atoms with van der Waals surface area (Å²) in [7, 11) is 0. The second kappa shape index (κ2) is 3.99. The Kier molecular flexibility index (Phi) is 2.38. The summed E-state index contributed by atoms with van der Waals surface area (Å²) in [5, 5.41) is 3.10. The molecule has 1 aromatic carbocycles. The van der Waals surface area contributed by atoms with Crippen molar-refractivity contribution in [2.75, 3.05) is 5.73 Å². The van der Waals surface area contributed by atoms with Crippen LogP contribution in [0, 0.1) is 29.6 Å². The third kappa shape index (κ3) is 1.75. The van der Waals surface area contributed by atoms with Gasteiger partial charge in [0.25, 0.3) is 0 Å². The van der Waals surface area contributed by atoms with Gasteiger partial charge in [0.05, 0.1) is 0 Å². The van der Waals surface area contributed by atoms with Crippen molar-refractivity contribution in [2.45, 2.75) is 25.8 Å². The Morgan fingerprint density at radius 3 is 2.42 bits per heavy atom. The highest BCUT2D eigenvalue weighted by Crippen LogP contribution is 2.69. The van der Waals surface area contributed by atoms with E-state index >= 15 is 0 Å². The molecule has 3 aliphatic carbocycles. The van der Waals surface area contributed by atoms with Crippen LogP contribution in [0.1, 0.15) is 24.8 Å². The third-order valence-corrected chi connectivity index (χ3v) is 5.48. The van der Waals surface area contributed by atoms with Gasteiger partial charge in [0.1, 0.15) is 0 Å². The Hall–Kier alpha value is -1.51. The SMILES string of the molecule is Nc1ccc(CNC(=O)C2C3C4CCC(C4)C23)cc1. The molecule has 1 aromatic rings. The zero-order valence-electron chi connectivity index (χ0n) is 11.0. The van der Waals surface area contributed by atoms with Crippen molar-refractivity contribution in [2.24, 2.45) is 29.6 Å². The summed E-state index contributed by atoms with van der Waals surface area (Å²) >= 11 is 0. The third-order valence-electron chi connectivity index (χ3n) is 5.48. The molecule has 2 bridgehead atoms. The highest BCUT2D eigenvalue weighted by molar-refractivity contribution is 5.82. The number of carbonyl (C=O) groups is 1. The van der Waals surface area contributed by atoms with E-state index in [1.165, 1.54) is 19.3 Å². The molecular weight excluding hydrogens is 236 g/mol. The minimum Gasteiger partial charge on any atom is -0.399 e. The highest BCUT2D eigenvalue weighted by Gasteiger charge is 2.67. The van der Waals surface area contributed by atoms with Gasteiger partial charge in [-0.3, -0.25) is 4.79 Å². The zero-order chi connectivity index (χ0) is 13.0. The lowest BCUT2D eigenvalue weighted by molar-refractivity contribution is -0.123. The molecule has 0 aliphatic heterocycles. The molecule has 4 unspecified atom stereocenters. The lowest BCUT2D eigenvalue weighted by atomic mass is 10.0. The number of rotatable bonds is 3. The summed E-state index contributed by atoms with van der Waals surface area (Å²) < 4.78 is 0. The van der Waals surface area contributed by atoms with Gasteiger partial charge < -0.3 is 11.1 Å². The number of hydrogen-bond donors (Lipinski definition) is 2. The van der Waals surface area contributed by atoms with E-state index in [1.807, 2.05) is 24.3 Å². The average molecular weight is 256 g/mol. The predicted molar refractivity (Wildman–Crippen MR) is 74.0 cm³/mol. The van der Waals surface area contributed by atoms with E-state index in [-0.39, 0.29) is 5.91 Å². The Morgan fingerprint density at radius 1 is 1.16 bits per heavy atom. The van der Waals surface area contributed by atoms with E-state index in [2.05, 4.69) is 5.32 Å². The van der Waals surface area contributed by atoms with Crippen LogP contribution >= 0.6 is 0 Å². The largest absolute Gasteiger partial charge is 0.399 e. The Balaban J connectivity index is 1.35. The summed E-state index contributed by atoms with van der Waals surface area (Å²) in [6.45, 7) is 0.629. The van der Waals surface area contributed by atoms with Crippen molar-refractivity contribution in [1.82, 2.24) is 5.32 Å². The number of nitrogens with two attached hydrogens (primary N) is 1. The second-order valence-corrected chi connectivity index (χ2v) is 6.47. The van der Waals surface area contributed by atoms with E-state index in [9.17, 15) is 4.79 Å². The lowest BCUT2D eigenvalue weighted by Gasteiger charge is -2.09. The first-order valence-corrected chi connectivity index (χ1v) is 7.36. The molecular formula is C16H20N2O. The molecule has 3 nitrogen and oxygen atoms in total. The molecule has 0 radical (unpaired) electrons. The summed E-state index contributed by atoms with van der Waals surface area (Å²) in [4.78, 5) is 12.2. The Bertz CT molecular complexity index is 494. The molecule has 3 aliphatic rings. The fourth-order valence-corrected chi connectivity index (χ4v) is 4.62. The topological polar surface area (TPSA) is 55.1 Å². The molecule has 0 saturated heterocycles. The first-order chi connectivity index (χ1) is 9.24. The number of fused-ring (bicyclic) bond motifs is 5. The number of anilines is 1. The predicted octanol–water partition coefficient (Wildman–Crippen LogP) is 2.18. The Morgan fingerprint density at radius 2 is 1.79 bits per heavy atom. The number of carbonyl (C=O) groups excluding carboxylic acids is 1. The number of benzene rings is 1. The van der Waals surface area contributed by atoms with Crippen molar-refractivity contribution >= 4 is 11.6 Å². The molecule has 3 N–H and O–H groups in total. The molecule has 0 heterocycles. The van der Waals surface area contributed by atoms with Crippen LogP contribution in [-0.4, -0.2) is 5.91 Å². The summed E-state index contributed by atoms with van der Waals surface area (Å²) in [6, 6.07) is 7.72. The molecule has 4 rings (SSSR count). The van der Waals surface area contributed by atoms with Gasteiger partial charge >= 0.3 is 0 Å². The fourth-order valence-electron chi connectivity index (χ4n) is 4.62. The minimum atomic E-state index is 0.281. The molecule has 0 aromatic heterocycles. The molecule has 0 spiro atoms. The number of nitrogen functional groups attached to an aromatic ring is 1. The van der Waals surface area contributed by atoms with Gasteiger partial charge in [-0.1, -0.05) is 12.1 Å². The zero-order valence-corrected chi connectivity index (χ0v) is 11.0. The number of nitrogens with one attached hydrogen (secondary N) is 1. The lowest BCUT2D eigenvalue weighted by Crippen LogP contribution is -2.27. The first kappa shape index (κ1) is 11.3. The summed E-state index contributed by atoms with van der Waals surface area (Å²) in [5.41, 5.74) is 7.54. The van der Waals surface area contributed by atoms with Crippen molar-refractivity contribution < 1.29 is 4.79 Å². The van der Waals surface area contributed by atoms with Crippen molar-refractivity contribution in [1.29, 1.82) is 0 Å². The monoisotopic (exact) mass is 256 g/mol. The van der Waals surface area contributed by atoms with Crippen LogP contribution in [0.15, 0.2) is 24.3 Å². The summed E-state index contributed by atoms with van der Waals surface area (Å²) in [6.07, 6.45) is 4.14. The van der Waals surface area contributed by atoms with Crippen LogP contribution in [0.25, 0.3) is 0 Å². The normalized spacial score (nSPS) is 38.0. The average Bonchev–Trinajstić information content (AvgIpc) is 2.86. The van der Waals surface area contributed by atoms with E-state index < -0.39 is 0 Å². The van der Waals surface area contributed by atoms with Gasteiger partial charge in [0, 0.05) is 18.2 Å². The van der Waals surface area contributed by atoms with Crippen LogP contribution in [0.5, 0.6) is 0 Å². The molecule has 3 saturated carbocycles. The fraction of sp³-hybridized carbons (Fsp3) is 0.562. The number of hydrogen-bond acceptors (Lipinski definition) is 2. The molecule has 3 fully saturated rings. The maximum atomic E-state index is 12.2. The maximum Gasteiger partial charge on any atom is 0.223 e. The van der Waals surface area contributed by atoms with Gasteiger partial charge in [0.2, 0.25) is 5.91 Å². The summed E-state index contributed by atoms with van der Waals surface area (Å²) in [5.74, 6) is 3.79. The molecule has 3 heteroatoms.